The summed E-state index contributed by atoms with van der Waals surface area (Å²) >= 11 is 1.35. The molecule has 1 heterocycles. The van der Waals surface area contributed by atoms with Crippen LogP contribution in [0, 0.1) is 24.0 Å². The average molecular weight is 341 g/mol. The molecule has 0 aliphatic carbocycles. The van der Waals surface area contributed by atoms with Gasteiger partial charge in [0, 0.05) is 23.4 Å². The lowest BCUT2D eigenvalue weighted by Gasteiger charge is -2.01. The van der Waals surface area contributed by atoms with E-state index >= 15 is 0 Å². The minimum Gasteiger partial charge on any atom is -0.411 e. The van der Waals surface area contributed by atoms with E-state index < -0.39 is 4.92 Å². The third kappa shape index (κ3) is 3.62. The molecule has 2 aromatic carbocycles. The number of aromatic nitrogens is 2. The number of rotatable bonds is 5. The number of nitrogens with zero attached hydrogens (tertiary/aromatic N) is 3. The van der Waals surface area contributed by atoms with Crippen LogP contribution in [0.5, 0.6) is 0 Å². The lowest BCUT2D eigenvalue weighted by molar-refractivity contribution is -0.384. The Hall–Kier alpha value is -2.67. The van der Waals surface area contributed by atoms with Crippen LogP contribution >= 0.6 is 11.8 Å². The minimum absolute atomic E-state index is 0.0782. The number of nitro groups is 1. The topological polar surface area (TPSA) is 82.1 Å². The van der Waals surface area contributed by atoms with Crippen molar-refractivity contribution in [1.82, 2.24) is 10.2 Å². The van der Waals surface area contributed by atoms with E-state index in [9.17, 15) is 10.1 Å². The Kier molecular flexibility index (Phi) is 4.61. The molecule has 1 aromatic heterocycles. The Balaban J connectivity index is 1.71. The summed E-state index contributed by atoms with van der Waals surface area (Å²) in [6, 6.07) is 12.5. The maximum Gasteiger partial charge on any atom is 0.277 e. The van der Waals surface area contributed by atoms with E-state index in [1.165, 1.54) is 23.4 Å². The number of hydrogen-bond acceptors (Lipinski definition) is 6. The Labute approximate surface area is 143 Å². The first kappa shape index (κ1) is 16.2. The zero-order valence-corrected chi connectivity index (χ0v) is 14.0. The lowest BCUT2D eigenvalue weighted by atomic mass is 10.1. The molecule has 0 radical (unpaired) electrons. The molecule has 122 valence electrons. The van der Waals surface area contributed by atoms with Crippen LogP contribution in [0.2, 0.25) is 0 Å². The van der Waals surface area contributed by atoms with Gasteiger partial charge in [-0.3, -0.25) is 10.1 Å². The normalized spacial score (nSPS) is 10.8. The summed E-state index contributed by atoms with van der Waals surface area (Å²) in [5.41, 5.74) is 4.16. The molecule has 0 atom stereocenters. The van der Waals surface area contributed by atoms with Crippen LogP contribution in [0.15, 0.2) is 52.1 Å². The monoisotopic (exact) mass is 341 g/mol. The van der Waals surface area contributed by atoms with Gasteiger partial charge in [0.1, 0.15) is 0 Å². The highest BCUT2D eigenvalue weighted by molar-refractivity contribution is 7.98. The second-order valence-electron chi connectivity index (χ2n) is 5.39. The fraction of sp³-hybridized carbons (Fsp3) is 0.176. The van der Waals surface area contributed by atoms with E-state index in [0.717, 1.165) is 16.7 Å². The van der Waals surface area contributed by atoms with Crippen molar-refractivity contribution in [2.75, 3.05) is 0 Å². The molecule has 0 aliphatic rings. The summed E-state index contributed by atoms with van der Waals surface area (Å²) in [5, 5.41) is 19.3. The fourth-order valence-corrected chi connectivity index (χ4v) is 2.87. The lowest BCUT2D eigenvalue weighted by Crippen LogP contribution is -1.89. The molecule has 0 bridgehead atoms. The summed E-state index contributed by atoms with van der Waals surface area (Å²) in [6.45, 7) is 4.08. The zero-order valence-electron chi connectivity index (χ0n) is 13.2. The third-order valence-corrected chi connectivity index (χ3v) is 4.53. The van der Waals surface area contributed by atoms with Gasteiger partial charge in [-0.1, -0.05) is 30.0 Å². The number of thioether (sulfide) groups is 1. The highest BCUT2D eigenvalue weighted by atomic mass is 32.2. The van der Waals surface area contributed by atoms with Crippen LogP contribution in [0.25, 0.3) is 11.5 Å². The first-order chi connectivity index (χ1) is 11.5. The van der Waals surface area contributed by atoms with Gasteiger partial charge in [-0.15, -0.1) is 10.2 Å². The molecular formula is C17H15N3O3S. The predicted octanol–water partition coefficient (Wildman–Crippen LogP) is 4.55. The Bertz CT molecular complexity index is 892. The van der Waals surface area contributed by atoms with E-state index in [2.05, 4.69) is 10.2 Å². The van der Waals surface area contributed by atoms with Crippen LogP contribution in [0.4, 0.5) is 5.69 Å². The number of benzene rings is 2. The second-order valence-corrected chi connectivity index (χ2v) is 6.31. The number of nitro benzene ring substituents is 1. The third-order valence-electron chi connectivity index (χ3n) is 3.64. The van der Waals surface area contributed by atoms with Gasteiger partial charge in [-0.2, -0.15) is 0 Å². The smallest absolute Gasteiger partial charge is 0.277 e. The van der Waals surface area contributed by atoms with Gasteiger partial charge in [-0.05, 0) is 42.7 Å². The number of non-ortho nitro benzene ring substituents is 1. The van der Waals surface area contributed by atoms with E-state index in [1.54, 1.807) is 12.1 Å². The maximum absolute atomic E-state index is 10.8. The van der Waals surface area contributed by atoms with Gasteiger partial charge in [-0.25, -0.2) is 0 Å². The van der Waals surface area contributed by atoms with Crippen LogP contribution < -0.4 is 0 Å². The van der Waals surface area contributed by atoms with Crippen LogP contribution in [-0.4, -0.2) is 15.1 Å². The van der Waals surface area contributed by atoms with Crippen LogP contribution in [-0.2, 0) is 5.75 Å². The summed E-state index contributed by atoms with van der Waals surface area (Å²) in [6.07, 6.45) is 0. The van der Waals surface area contributed by atoms with Gasteiger partial charge < -0.3 is 4.42 Å². The van der Waals surface area contributed by atoms with Gasteiger partial charge in [0.2, 0.25) is 5.89 Å². The van der Waals surface area contributed by atoms with E-state index in [-0.39, 0.29) is 5.69 Å². The molecule has 3 aromatic rings. The Morgan fingerprint density at radius 2 is 1.96 bits per heavy atom. The van der Waals surface area contributed by atoms with Crippen molar-refractivity contribution in [3.05, 3.63) is 69.3 Å². The zero-order chi connectivity index (χ0) is 17.1. The molecule has 0 fully saturated rings. The van der Waals surface area contributed by atoms with Crippen molar-refractivity contribution in [3.63, 3.8) is 0 Å². The summed E-state index contributed by atoms with van der Waals surface area (Å²) in [7, 11) is 0. The molecule has 0 N–H and O–H groups in total. The quantitative estimate of drug-likeness (QED) is 0.384. The van der Waals surface area contributed by atoms with Crippen molar-refractivity contribution in [1.29, 1.82) is 0 Å². The molecule has 0 saturated carbocycles. The van der Waals surface area contributed by atoms with Crippen molar-refractivity contribution in [3.8, 4) is 11.5 Å². The van der Waals surface area contributed by atoms with Crippen LogP contribution in [0.1, 0.15) is 16.7 Å². The second kappa shape index (κ2) is 6.84. The van der Waals surface area contributed by atoms with Gasteiger partial charge >= 0.3 is 0 Å². The molecule has 7 heteroatoms. The van der Waals surface area contributed by atoms with Crippen molar-refractivity contribution in [2.45, 2.75) is 24.8 Å². The van der Waals surface area contributed by atoms with Crippen molar-refractivity contribution >= 4 is 17.4 Å². The van der Waals surface area contributed by atoms with E-state index in [0.29, 0.717) is 16.9 Å². The van der Waals surface area contributed by atoms with E-state index in [1.807, 2.05) is 38.1 Å². The summed E-state index contributed by atoms with van der Waals surface area (Å²) in [5.74, 6) is 0.996. The number of aryl methyl sites for hydroxylation is 2. The van der Waals surface area contributed by atoms with Gasteiger partial charge in [0.25, 0.3) is 10.9 Å². The predicted molar refractivity (Wildman–Crippen MR) is 91.9 cm³/mol. The standard InChI is InChI=1S/C17H15N3O3S/c1-11-6-7-14(8-12(11)2)16-18-19-17(23-16)24-10-13-4-3-5-15(9-13)20(21)22/h3-9H,10H2,1-2H3. The van der Waals surface area contributed by atoms with Crippen molar-refractivity contribution in [2.24, 2.45) is 0 Å². The summed E-state index contributed by atoms with van der Waals surface area (Å²) in [4.78, 5) is 10.4. The molecular weight excluding hydrogens is 326 g/mol. The SMILES string of the molecule is Cc1ccc(-c2nnc(SCc3cccc([N+](=O)[O-])c3)o2)cc1C. The van der Waals surface area contributed by atoms with E-state index in [4.69, 9.17) is 4.42 Å². The molecule has 0 spiro atoms. The van der Waals surface area contributed by atoms with Crippen molar-refractivity contribution < 1.29 is 9.34 Å². The molecule has 0 saturated heterocycles. The van der Waals surface area contributed by atoms with Crippen LogP contribution in [0.3, 0.4) is 0 Å². The molecule has 0 aliphatic heterocycles. The molecule has 3 rings (SSSR count). The fourth-order valence-electron chi connectivity index (χ4n) is 2.16. The molecule has 24 heavy (non-hydrogen) atoms. The first-order valence-electron chi connectivity index (χ1n) is 7.30. The average Bonchev–Trinajstić information content (AvgIpc) is 3.05. The summed E-state index contributed by atoms with van der Waals surface area (Å²) < 4.78 is 5.67. The first-order valence-corrected chi connectivity index (χ1v) is 8.29. The highest BCUT2D eigenvalue weighted by Crippen LogP contribution is 2.27. The molecule has 0 amide bonds. The number of hydrogen-bond donors (Lipinski definition) is 0. The maximum atomic E-state index is 10.8. The Morgan fingerprint density at radius 1 is 1.12 bits per heavy atom. The Morgan fingerprint density at radius 3 is 2.71 bits per heavy atom. The van der Waals surface area contributed by atoms with Gasteiger partial charge in [0.05, 0.1) is 4.92 Å². The largest absolute Gasteiger partial charge is 0.411 e. The molecule has 0 unspecified atom stereocenters. The van der Waals surface area contributed by atoms with Gasteiger partial charge in [0.15, 0.2) is 0 Å². The highest BCUT2D eigenvalue weighted by Gasteiger charge is 2.11. The molecule has 6 nitrogen and oxygen atoms in total. The minimum atomic E-state index is -0.404.